The number of thiazole rings is 1. The van der Waals surface area contributed by atoms with E-state index in [0.717, 1.165) is 10.2 Å². The molecule has 30 heavy (non-hydrogen) atoms. The first kappa shape index (κ1) is 20.2. The van der Waals surface area contributed by atoms with Crippen LogP contribution in [0.2, 0.25) is 0 Å². The number of benzene rings is 2. The number of fused-ring (bicyclic) bond motifs is 1. The normalized spacial score (nSPS) is 17.6. The van der Waals surface area contributed by atoms with E-state index in [1.54, 1.807) is 18.2 Å². The molecule has 6 nitrogen and oxygen atoms in total. The number of nitrogens with zero attached hydrogens (tertiary/aromatic N) is 3. The van der Waals surface area contributed by atoms with Crippen LogP contribution in [0.25, 0.3) is 10.2 Å². The van der Waals surface area contributed by atoms with Gasteiger partial charge < -0.3 is 5.32 Å². The van der Waals surface area contributed by atoms with Crippen LogP contribution in [0.15, 0.2) is 66.2 Å². The summed E-state index contributed by atoms with van der Waals surface area (Å²) in [7, 11) is 0. The maximum atomic E-state index is 13.8. The molecule has 1 aliphatic rings. The molecule has 4 rings (SSSR count). The van der Waals surface area contributed by atoms with Crippen LogP contribution in [0.4, 0.5) is 15.2 Å². The largest absolute Gasteiger partial charge is 0.324 e. The van der Waals surface area contributed by atoms with Gasteiger partial charge in [-0.1, -0.05) is 53.4 Å². The molecule has 1 N–H and O–H groups in total. The monoisotopic (exact) mass is 440 g/mol. The molecule has 1 fully saturated rings. The molecule has 9 heteroatoms. The third-order valence-electron chi connectivity index (χ3n) is 4.32. The van der Waals surface area contributed by atoms with Crippen molar-refractivity contribution >= 4 is 61.1 Å². The van der Waals surface area contributed by atoms with Crippen LogP contribution in [-0.2, 0) is 9.59 Å². The topological polar surface area (TPSA) is 74.7 Å². The predicted octanol–water partition coefficient (Wildman–Crippen LogP) is 4.58. The van der Waals surface area contributed by atoms with Crippen molar-refractivity contribution in [2.24, 2.45) is 4.99 Å². The lowest BCUT2D eigenvalue weighted by atomic mass is 10.2. The highest BCUT2D eigenvalue weighted by Crippen LogP contribution is 2.34. The molecule has 1 saturated heterocycles. The molecule has 0 aliphatic carbocycles. The van der Waals surface area contributed by atoms with E-state index in [0.29, 0.717) is 10.3 Å². The zero-order chi connectivity index (χ0) is 21.1. The van der Waals surface area contributed by atoms with Crippen LogP contribution in [0.5, 0.6) is 0 Å². The van der Waals surface area contributed by atoms with Gasteiger partial charge in [0.05, 0.1) is 15.9 Å². The molecule has 3 aromatic rings. The number of amidine groups is 1. The van der Waals surface area contributed by atoms with Gasteiger partial charge in [-0.25, -0.2) is 9.37 Å². The van der Waals surface area contributed by atoms with Crippen LogP contribution in [-0.4, -0.2) is 38.7 Å². The number of carbonyl (C=O) groups excluding carboxylic acids is 2. The number of carbonyl (C=O) groups is 2. The Balaban J connectivity index is 1.52. The Hall–Kier alpha value is -3.04. The van der Waals surface area contributed by atoms with Gasteiger partial charge in [0.15, 0.2) is 5.17 Å². The molecule has 0 spiro atoms. The smallest absolute Gasteiger partial charge is 0.242 e. The van der Waals surface area contributed by atoms with Crippen molar-refractivity contribution in [2.75, 3.05) is 11.9 Å². The van der Waals surface area contributed by atoms with Crippen molar-refractivity contribution in [1.29, 1.82) is 0 Å². The highest BCUT2D eigenvalue weighted by Gasteiger charge is 2.38. The van der Waals surface area contributed by atoms with Crippen LogP contribution >= 0.6 is 23.1 Å². The second-order valence-corrected chi connectivity index (χ2v) is 8.61. The minimum Gasteiger partial charge on any atom is -0.324 e. The molecule has 0 bridgehead atoms. The molecule has 1 atom stereocenters. The maximum Gasteiger partial charge on any atom is 0.242 e. The molecule has 1 aliphatic heterocycles. The molecular weight excluding hydrogens is 423 g/mol. The number of hydrogen-bond acceptors (Lipinski definition) is 6. The van der Waals surface area contributed by atoms with Crippen LogP contribution < -0.4 is 5.32 Å². The van der Waals surface area contributed by atoms with Crippen molar-refractivity contribution in [1.82, 2.24) is 9.88 Å². The van der Waals surface area contributed by atoms with Gasteiger partial charge in [-0.15, -0.1) is 6.58 Å². The fourth-order valence-corrected chi connectivity index (χ4v) is 4.99. The lowest BCUT2D eigenvalue weighted by Gasteiger charge is -2.13. The van der Waals surface area contributed by atoms with E-state index in [-0.39, 0.29) is 24.6 Å². The van der Waals surface area contributed by atoms with Gasteiger partial charge in [-0.05, 0) is 24.3 Å². The molecule has 2 amide bonds. The Morgan fingerprint density at radius 3 is 2.80 bits per heavy atom. The van der Waals surface area contributed by atoms with Crippen molar-refractivity contribution < 1.29 is 14.0 Å². The SMILES string of the molecule is C=CCN1C(=O)[C@@H](CC(=O)Nc2ccccc2F)SC1=Nc1nc2ccccc2s1. The van der Waals surface area contributed by atoms with Gasteiger partial charge in [0.2, 0.25) is 16.9 Å². The number of para-hydroxylation sites is 2. The number of aromatic nitrogens is 1. The van der Waals surface area contributed by atoms with E-state index in [1.807, 2.05) is 24.3 Å². The van der Waals surface area contributed by atoms with E-state index in [1.165, 1.54) is 40.1 Å². The number of anilines is 1. The summed E-state index contributed by atoms with van der Waals surface area (Å²) in [4.78, 5) is 35.7. The maximum absolute atomic E-state index is 13.8. The summed E-state index contributed by atoms with van der Waals surface area (Å²) in [6, 6.07) is 13.6. The highest BCUT2D eigenvalue weighted by atomic mass is 32.2. The standard InChI is InChI=1S/C21H17FN4O2S2/c1-2-11-26-19(28)17(12-18(27)23-14-8-4-3-7-13(14)22)30-21(26)25-20-24-15-9-5-6-10-16(15)29-20/h2-10,17H,1,11-12H2,(H,23,27)/t17-/m1/s1. The van der Waals surface area contributed by atoms with Gasteiger partial charge in [0.25, 0.3) is 0 Å². The van der Waals surface area contributed by atoms with E-state index in [9.17, 15) is 14.0 Å². The Labute approximate surface area is 180 Å². The fraction of sp³-hybridized carbons (Fsp3) is 0.143. The minimum absolute atomic E-state index is 0.0873. The number of nitrogens with one attached hydrogen (secondary N) is 1. The average molecular weight is 441 g/mol. The average Bonchev–Trinajstić information content (AvgIpc) is 3.26. The number of hydrogen-bond donors (Lipinski definition) is 1. The van der Waals surface area contributed by atoms with Gasteiger partial charge in [-0.3, -0.25) is 14.5 Å². The summed E-state index contributed by atoms with van der Waals surface area (Å²) < 4.78 is 14.8. The van der Waals surface area contributed by atoms with E-state index >= 15 is 0 Å². The van der Waals surface area contributed by atoms with Gasteiger partial charge in [0.1, 0.15) is 11.1 Å². The lowest BCUT2D eigenvalue weighted by Crippen LogP contribution is -2.33. The van der Waals surface area contributed by atoms with Crippen molar-refractivity contribution in [3.63, 3.8) is 0 Å². The first-order valence-electron chi connectivity index (χ1n) is 9.12. The van der Waals surface area contributed by atoms with Crippen LogP contribution in [0, 0.1) is 5.82 Å². The Kier molecular flexibility index (Phi) is 5.91. The summed E-state index contributed by atoms with van der Waals surface area (Å²) in [6.07, 6.45) is 1.51. The summed E-state index contributed by atoms with van der Waals surface area (Å²) >= 11 is 2.63. The quantitative estimate of drug-likeness (QED) is 0.570. The Morgan fingerprint density at radius 2 is 2.03 bits per heavy atom. The minimum atomic E-state index is -0.648. The number of rotatable bonds is 6. The lowest BCUT2D eigenvalue weighted by molar-refractivity contribution is -0.127. The second kappa shape index (κ2) is 8.76. The van der Waals surface area contributed by atoms with Crippen molar-refractivity contribution in [3.05, 3.63) is 67.0 Å². The number of aliphatic imine (C=N–C) groups is 1. The Bertz CT molecular complexity index is 1130. The van der Waals surface area contributed by atoms with Crippen LogP contribution in [0.3, 0.4) is 0 Å². The summed E-state index contributed by atoms with van der Waals surface area (Å²) in [5.41, 5.74) is 0.927. The summed E-state index contributed by atoms with van der Waals surface area (Å²) in [5, 5.41) is 2.88. The first-order valence-corrected chi connectivity index (χ1v) is 10.8. The van der Waals surface area contributed by atoms with E-state index < -0.39 is 17.0 Å². The molecular formula is C21H17FN4O2S2. The molecule has 152 valence electrons. The number of amides is 2. The van der Waals surface area contributed by atoms with Crippen molar-refractivity contribution in [3.8, 4) is 0 Å². The molecule has 2 heterocycles. The fourth-order valence-electron chi connectivity index (χ4n) is 2.94. The van der Waals surface area contributed by atoms with Gasteiger partial charge >= 0.3 is 0 Å². The number of halogens is 1. The predicted molar refractivity (Wildman–Crippen MR) is 120 cm³/mol. The third kappa shape index (κ3) is 4.27. The zero-order valence-electron chi connectivity index (χ0n) is 15.7. The molecule has 0 saturated carbocycles. The van der Waals surface area contributed by atoms with E-state index in [4.69, 9.17) is 0 Å². The molecule has 1 aromatic heterocycles. The van der Waals surface area contributed by atoms with Crippen LogP contribution in [0.1, 0.15) is 6.42 Å². The second-order valence-electron chi connectivity index (χ2n) is 6.43. The van der Waals surface area contributed by atoms with Crippen molar-refractivity contribution in [2.45, 2.75) is 11.7 Å². The van der Waals surface area contributed by atoms with E-state index in [2.05, 4.69) is 21.9 Å². The molecule has 2 aromatic carbocycles. The third-order valence-corrected chi connectivity index (χ3v) is 6.43. The highest BCUT2D eigenvalue weighted by molar-refractivity contribution is 8.15. The zero-order valence-corrected chi connectivity index (χ0v) is 17.4. The molecule has 0 unspecified atom stereocenters. The summed E-state index contributed by atoms with van der Waals surface area (Å²) in [5.74, 6) is -1.20. The molecule has 0 radical (unpaired) electrons. The van der Waals surface area contributed by atoms with Gasteiger partial charge in [0, 0.05) is 13.0 Å². The Morgan fingerprint density at radius 1 is 1.27 bits per heavy atom. The van der Waals surface area contributed by atoms with Gasteiger partial charge in [-0.2, -0.15) is 4.99 Å². The summed E-state index contributed by atoms with van der Waals surface area (Å²) in [6.45, 7) is 3.97. The first-order chi connectivity index (χ1) is 14.5. The number of thioether (sulfide) groups is 1.